The first kappa shape index (κ1) is 12.0. The zero-order valence-electron chi connectivity index (χ0n) is 9.02. The molecule has 1 aromatic heterocycles. The lowest BCUT2D eigenvalue weighted by molar-refractivity contribution is -0.141. The van der Waals surface area contributed by atoms with Crippen molar-refractivity contribution < 1.29 is 14.7 Å². The number of carbonyl (C=O) groups excluding carboxylic acids is 1. The second-order valence-corrected chi connectivity index (χ2v) is 3.83. The van der Waals surface area contributed by atoms with Crippen LogP contribution in [0.3, 0.4) is 0 Å². The maximum atomic E-state index is 10.9. The first-order valence-electron chi connectivity index (χ1n) is 4.61. The molecule has 0 spiro atoms. The molecular formula is C10H13N3O3. The van der Waals surface area contributed by atoms with E-state index in [4.69, 9.17) is 10.8 Å². The van der Waals surface area contributed by atoms with Gasteiger partial charge in [0.25, 0.3) is 5.91 Å². The van der Waals surface area contributed by atoms with Crippen molar-refractivity contribution in [1.29, 1.82) is 0 Å². The molecule has 6 heteroatoms. The zero-order valence-corrected chi connectivity index (χ0v) is 9.02. The molecule has 86 valence electrons. The monoisotopic (exact) mass is 223 g/mol. The molecule has 0 unspecified atom stereocenters. The van der Waals surface area contributed by atoms with Crippen LogP contribution in [0.15, 0.2) is 18.2 Å². The summed E-state index contributed by atoms with van der Waals surface area (Å²) in [7, 11) is 0. The number of nitrogens with one attached hydrogen (secondary N) is 1. The van der Waals surface area contributed by atoms with Crippen molar-refractivity contribution in [2.45, 2.75) is 19.4 Å². The van der Waals surface area contributed by atoms with Crippen molar-refractivity contribution in [1.82, 2.24) is 4.98 Å². The van der Waals surface area contributed by atoms with Crippen LogP contribution in [0, 0.1) is 0 Å². The Morgan fingerprint density at radius 3 is 2.56 bits per heavy atom. The van der Waals surface area contributed by atoms with Gasteiger partial charge in [-0.25, -0.2) is 9.78 Å². The molecule has 0 radical (unpaired) electrons. The van der Waals surface area contributed by atoms with Gasteiger partial charge in [-0.3, -0.25) is 4.79 Å². The number of carboxylic acids is 1. The van der Waals surface area contributed by atoms with Crippen molar-refractivity contribution in [2.75, 3.05) is 5.32 Å². The molecule has 6 nitrogen and oxygen atoms in total. The van der Waals surface area contributed by atoms with E-state index in [1.165, 1.54) is 19.9 Å². The number of pyridine rings is 1. The van der Waals surface area contributed by atoms with Gasteiger partial charge in [0, 0.05) is 0 Å². The molecule has 1 amide bonds. The van der Waals surface area contributed by atoms with Crippen LogP contribution in [0.5, 0.6) is 0 Å². The molecule has 4 N–H and O–H groups in total. The van der Waals surface area contributed by atoms with E-state index >= 15 is 0 Å². The number of nitrogens with zero attached hydrogens (tertiary/aromatic N) is 1. The molecule has 0 aliphatic carbocycles. The fourth-order valence-corrected chi connectivity index (χ4v) is 1.02. The lowest BCUT2D eigenvalue weighted by Gasteiger charge is -2.21. The number of anilines is 1. The quantitative estimate of drug-likeness (QED) is 0.687. The SMILES string of the molecule is CC(C)(Nc1cccc(C(N)=O)n1)C(=O)O. The van der Waals surface area contributed by atoms with Crippen LogP contribution in [-0.2, 0) is 4.79 Å². The summed E-state index contributed by atoms with van der Waals surface area (Å²) in [5.41, 5.74) is 3.99. The summed E-state index contributed by atoms with van der Waals surface area (Å²) < 4.78 is 0. The summed E-state index contributed by atoms with van der Waals surface area (Å²) in [5.74, 6) is -1.38. The Morgan fingerprint density at radius 1 is 1.44 bits per heavy atom. The minimum atomic E-state index is -1.16. The number of aromatic nitrogens is 1. The highest BCUT2D eigenvalue weighted by molar-refractivity contribution is 5.91. The molecule has 0 bridgehead atoms. The number of carbonyl (C=O) groups is 2. The standard InChI is InChI=1S/C10H13N3O3/c1-10(2,9(15)16)13-7-5-3-4-6(12-7)8(11)14/h3-5H,1-2H3,(H2,11,14)(H,12,13)(H,15,16). The number of amides is 1. The van der Waals surface area contributed by atoms with Crippen molar-refractivity contribution in [2.24, 2.45) is 5.73 Å². The lowest BCUT2D eigenvalue weighted by atomic mass is 10.1. The van der Waals surface area contributed by atoms with Gasteiger partial charge in [0.1, 0.15) is 17.1 Å². The van der Waals surface area contributed by atoms with Crippen LogP contribution < -0.4 is 11.1 Å². The van der Waals surface area contributed by atoms with Gasteiger partial charge in [-0.15, -0.1) is 0 Å². The number of hydrogen-bond donors (Lipinski definition) is 3. The maximum absolute atomic E-state index is 10.9. The van der Waals surface area contributed by atoms with E-state index in [-0.39, 0.29) is 5.69 Å². The van der Waals surface area contributed by atoms with Gasteiger partial charge in [0.15, 0.2) is 0 Å². The highest BCUT2D eigenvalue weighted by Gasteiger charge is 2.27. The number of aliphatic carboxylic acids is 1. The molecule has 1 aromatic rings. The number of primary amides is 1. The van der Waals surface area contributed by atoms with Gasteiger partial charge >= 0.3 is 5.97 Å². The Morgan fingerprint density at radius 2 is 2.06 bits per heavy atom. The Labute approximate surface area is 92.5 Å². The topological polar surface area (TPSA) is 105 Å². The molecule has 0 saturated carbocycles. The Balaban J connectivity index is 2.94. The van der Waals surface area contributed by atoms with Gasteiger partial charge in [-0.1, -0.05) is 6.07 Å². The maximum Gasteiger partial charge on any atom is 0.328 e. The first-order chi connectivity index (χ1) is 7.33. The van der Waals surface area contributed by atoms with Crippen LogP contribution in [0.1, 0.15) is 24.3 Å². The van der Waals surface area contributed by atoms with Gasteiger partial charge in [0.2, 0.25) is 0 Å². The molecule has 1 heterocycles. The van der Waals surface area contributed by atoms with E-state index in [9.17, 15) is 9.59 Å². The molecule has 16 heavy (non-hydrogen) atoms. The molecule has 0 aliphatic heterocycles. The fraction of sp³-hybridized carbons (Fsp3) is 0.300. The van der Waals surface area contributed by atoms with E-state index in [1.807, 2.05) is 0 Å². The summed E-state index contributed by atoms with van der Waals surface area (Å²) in [4.78, 5) is 25.6. The molecule has 0 atom stereocenters. The predicted molar refractivity (Wildman–Crippen MR) is 58.1 cm³/mol. The van der Waals surface area contributed by atoms with Crippen LogP contribution in [0.4, 0.5) is 5.82 Å². The summed E-state index contributed by atoms with van der Waals surface area (Å²) in [6, 6.07) is 4.60. The highest BCUT2D eigenvalue weighted by atomic mass is 16.4. The van der Waals surface area contributed by atoms with Crippen molar-refractivity contribution >= 4 is 17.7 Å². The van der Waals surface area contributed by atoms with Crippen molar-refractivity contribution in [3.05, 3.63) is 23.9 Å². The third-order valence-corrected chi connectivity index (χ3v) is 1.98. The smallest absolute Gasteiger partial charge is 0.328 e. The van der Waals surface area contributed by atoms with E-state index < -0.39 is 17.4 Å². The second-order valence-electron chi connectivity index (χ2n) is 3.83. The van der Waals surface area contributed by atoms with Crippen LogP contribution in [0.25, 0.3) is 0 Å². The number of hydrogen-bond acceptors (Lipinski definition) is 4. The number of rotatable bonds is 4. The van der Waals surface area contributed by atoms with Crippen molar-refractivity contribution in [3.8, 4) is 0 Å². The summed E-state index contributed by atoms with van der Waals surface area (Å²) >= 11 is 0. The van der Waals surface area contributed by atoms with E-state index in [0.717, 1.165) is 0 Å². The van der Waals surface area contributed by atoms with Crippen molar-refractivity contribution in [3.63, 3.8) is 0 Å². The third-order valence-electron chi connectivity index (χ3n) is 1.98. The van der Waals surface area contributed by atoms with Gasteiger partial charge in [-0.2, -0.15) is 0 Å². The van der Waals surface area contributed by atoms with Gasteiger partial charge in [-0.05, 0) is 26.0 Å². The molecular weight excluding hydrogens is 210 g/mol. The van der Waals surface area contributed by atoms with E-state index in [0.29, 0.717) is 5.82 Å². The number of carboxylic acid groups (broad SMARTS) is 1. The molecule has 0 fully saturated rings. The predicted octanol–water partition coefficient (Wildman–Crippen LogP) is 0.456. The number of nitrogens with two attached hydrogens (primary N) is 1. The Hall–Kier alpha value is -2.11. The highest BCUT2D eigenvalue weighted by Crippen LogP contribution is 2.13. The summed E-state index contributed by atoms with van der Waals surface area (Å²) in [6.45, 7) is 2.99. The largest absolute Gasteiger partial charge is 0.480 e. The van der Waals surface area contributed by atoms with Crippen LogP contribution in [0.2, 0.25) is 0 Å². The molecule has 0 aliphatic rings. The van der Waals surface area contributed by atoms with Gasteiger partial charge < -0.3 is 16.2 Å². The molecule has 1 rings (SSSR count). The average molecular weight is 223 g/mol. The van der Waals surface area contributed by atoms with Gasteiger partial charge in [0.05, 0.1) is 0 Å². The molecule has 0 saturated heterocycles. The summed E-state index contributed by atoms with van der Waals surface area (Å²) in [6.07, 6.45) is 0. The lowest BCUT2D eigenvalue weighted by Crippen LogP contribution is -2.40. The average Bonchev–Trinajstić information content (AvgIpc) is 2.17. The minimum Gasteiger partial charge on any atom is -0.480 e. The fourth-order valence-electron chi connectivity index (χ4n) is 1.02. The van der Waals surface area contributed by atoms with Crippen LogP contribution in [-0.4, -0.2) is 27.5 Å². The van der Waals surface area contributed by atoms with E-state index in [1.54, 1.807) is 12.1 Å². The minimum absolute atomic E-state index is 0.0891. The first-order valence-corrected chi connectivity index (χ1v) is 4.61. The van der Waals surface area contributed by atoms with E-state index in [2.05, 4.69) is 10.3 Å². The summed E-state index contributed by atoms with van der Waals surface area (Å²) in [5, 5.41) is 11.6. The second kappa shape index (κ2) is 4.18. The zero-order chi connectivity index (χ0) is 12.3. The Kier molecular flexibility index (Phi) is 3.12. The molecule has 0 aromatic carbocycles. The van der Waals surface area contributed by atoms with Crippen LogP contribution >= 0.6 is 0 Å². The normalized spacial score (nSPS) is 10.9. The Bertz CT molecular complexity index is 429. The third kappa shape index (κ3) is 2.69.